The van der Waals surface area contributed by atoms with E-state index in [9.17, 15) is 15.2 Å². The minimum absolute atomic E-state index is 0.0958. The van der Waals surface area contributed by atoms with Crippen molar-refractivity contribution in [3.05, 3.63) is 81.6 Å². The van der Waals surface area contributed by atoms with Crippen LogP contribution >= 0.6 is 0 Å². The van der Waals surface area contributed by atoms with Crippen LogP contribution in [0.1, 0.15) is 23.8 Å². The molecule has 1 fully saturated rings. The van der Waals surface area contributed by atoms with E-state index < -0.39 is 5.23 Å². The lowest BCUT2D eigenvalue weighted by Gasteiger charge is -2.42. The fraction of sp³-hybridized carbons (Fsp3) is 0.318. The number of hydrogen-bond donors (Lipinski definition) is 2. The quantitative estimate of drug-likeness (QED) is 0.664. The standard InChI is InChI=1S/C22H23N3O4/c26-22-7-3-6-19-16-10-15(12-24(19)22)11-23(13-16)14-17-8-9-21(29-17)18-4-1-2-5-20(18)25(27)28/h1-9,15-16,25,27H,10-14H2/t15-,16+/m0/s1. The number of hydrogen-bond acceptors (Lipinski definition) is 5. The molecule has 0 amide bonds. The zero-order valence-electron chi connectivity index (χ0n) is 16.0. The van der Waals surface area contributed by atoms with Crippen LogP contribution in [-0.4, -0.2) is 27.8 Å². The maximum atomic E-state index is 12.2. The van der Waals surface area contributed by atoms with E-state index in [0.717, 1.165) is 37.5 Å². The third-order valence-corrected chi connectivity index (χ3v) is 6.02. The van der Waals surface area contributed by atoms with Gasteiger partial charge in [-0.05, 0) is 36.6 Å². The molecule has 2 N–H and O–H groups in total. The molecule has 2 aromatic heterocycles. The maximum Gasteiger partial charge on any atom is 0.250 e. The highest BCUT2D eigenvalue weighted by Gasteiger charge is 2.34. The van der Waals surface area contributed by atoms with E-state index in [2.05, 4.69) is 11.0 Å². The zero-order chi connectivity index (χ0) is 20.0. The topological polar surface area (TPSA) is 86.1 Å². The molecule has 2 bridgehead atoms. The average molecular weight is 393 g/mol. The molecular weight excluding hydrogens is 370 g/mol. The van der Waals surface area contributed by atoms with Crippen LogP contribution in [0.25, 0.3) is 11.3 Å². The molecule has 0 radical (unpaired) electrons. The molecule has 5 rings (SSSR count). The SMILES string of the molecule is O=c1cccc2n1C[C@H]1C[C@@H]2CN(Cc2ccc(-c3ccccc3[NH+]([O-])O)o2)C1. The molecule has 1 aromatic carbocycles. The lowest BCUT2D eigenvalue weighted by Crippen LogP contribution is -2.99. The summed E-state index contributed by atoms with van der Waals surface area (Å²) in [4.78, 5) is 14.6. The van der Waals surface area contributed by atoms with Crippen molar-refractivity contribution in [2.45, 2.75) is 25.4 Å². The number of aromatic nitrogens is 1. The second kappa shape index (κ2) is 7.27. The normalized spacial score (nSPS) is 22.3. The molecule has 0 saturated carbocycles. The van der Waals surface area contributed by atoms with Crippen molar-refractivity contribution in [1.29, 1.82) is 0 Å². The van der Waals surface area contributed by atoms with Crippen LogP contribution < -0.4 is 10.8 Å². The fourth-order valence-corrected chi connectivity index (χ4v) is 4.84. The number of likely N-dealkylation sites (tertiary alicyclic amines) is 1. The van der Waals surface area contributed by atoms with E-state index in [0.29, 0.717) is 29.7 Å². The summed E-state index contributed by atoms with van der Waals surface area (Å²) in [6, 6.07) is 16.2. The van der Waals surface area contributed by atoms with Gasteiger partial charge >= 0.3 is 0 Å². The van der Waals surface area contributed by atoms with E-state index in [1.165, 1.54) is 0 Å². The van der Waals surface area contributed by atoms with Crippen molar-refractivity contribution < 1.29 is 14.9 Å². The minimum Gasteiger partial charge on any atom is -0.595 e. The van der Waals surface area contributed by atoms with Crippen LogP contribution in [0.3, 0.4) is 0 Å². The van der Waals surface area contributed by atoms with Crippen molar-refractivity contribution in [3.8, 4) is 11.3 Å². The Morgan fingerprint density at radius 3 is 2.79 bits per heavy atom. The predicted molar refractivity (Wildman–Crippen MR) is 107 cm³/mol. The number of para-hydroxylation sites is 1. The molecule has 2 aliphatic heterocycles. The molecule has 0 spiro atoms. The summed E-state index contributed by atoms with van der Waals surface area (Å²) >= 11 is 0. The van der Waals surface area contributed by atoms with Gasteiger partial charge in [0.15, 0.2) is 5.69 Å². The van der Waals surface area contributed by atoms with Gasteiger partial charge in [-0.1, -0.05) is 18.2 Å². The van der Waals surface area contributed by atoms with Gasteiger partial charge < -0.3 is 14.2 Å². The molecule has 3 atom stereocenters. The number of piperidine rings is 1. The number of rotatable bonds is 4. The van der Waals surface area contributed by atoms with Crippen LogP contribution in [0, 0.1) is 11.1 Å². The first-order chi connectivity index (χ1) is 14.1. The van der Waals surface area contributed by atoms with Gasteiger partial charge in [0, 0.05) is 43.4 Å². The molecular formula is C22H23N3O4. The van der Waals surface area contributed by atoms with Gasteiger partial charge in [0.05, 0.1) is 12.1 Å². The minimum atomic E-state index is -0.962. The Kier molecular flexibility index (Phi) is 4.60. The van der Waals surface area contributed by atoms with Gasteiger partial charge in [-0.2, -0.15) is 5.23 Å². The smallest absolute Gasteiger partial charge is 0.250 e. The van der Waals surface area contributed by atoms with Gasteiger partial charge in [-0.15, -0.1) is 0 Å². The van der Waals surface area contributed by atoms with Gasteiger partial charge in [-0.3, -0.25) is 9.69 Å². The molecule has 150 valence electrons. The first kappa shape index (κ1) is 18.3. The second-order valence-corrected chi connectivity index (χ2v) is 8.01. The van der Waals surface area contributed by atoms with Gasteiger partial charge in [0.1, 0.15) is 11.5 Å². The van der Waals surface area contributed by atoms with Crippen molar-refractivity contribution >= 4 is 5.69 Å². The van der Waals surface area contributed by atoms with E-state index >= 15 is 0 Å². The number of fused-ring (bicyclic) bond motifs is 4. The summed E-state index contributed by atoms with van der Waals surface area (Å²) in [5.41, 5.74) is 2.06. The Bertz CT molecular complexity index is 1090. The zero-order valence-corrected chi connectivity index (χ0v) is 16.0. The Hall–Kier alpha value is -2.71. The second-order valence-electron chi connectivity index (χ2n) is 8.01. The lowest BCUT2D eigenvalue weighted by molar-refractivity contribution is -0.991. The van der Waals surface area contributed by atoms with E-state index in [1.54, 1.807) is 24.3 Å². The molecule has 1 unspecified atom stereocenters. The predicted octanol–water partition coefficient (Wildman–Crippen LogP) is 2.13. The highest BCUT2D eigenvalue weighted by atomic mass is 16.8. The van der Waals surface area contributed by atoms with Crippen LogP contribution in [0.15, 0.2) is 63.8 Å². The number of quaternary nitrogens is 1. The summed E-state index contributed by atoms with van der Waals surface area (Å²) < 4.78 is 7.95. The number of pyridine rings is 1. The van der Waals surface area contributed by atoms with E-state index in [1.807, 2.05) is 28.8 Å². The van der Waals surface area contributed by atoms with E-state index in [-0.39, 0.29) is 11.2 Å². The van der Waals surface area contributed by atoms with Gasteiger partial charge in [-0.25, -0.2) is 5.21 Å². The number of nitrogens with zero attached hydrogens (tertiary/aromatic N) is 2. The highest BCUT2D eigenvalue weighted by Crippen LogP contribution is 2.36. The summed E-state index contributed by atoms with van der Waals surface area (Å²) in [7, 11) is 0. The first-order valence-corrected chi connectivity index (χ1v) is 9.92. The van der Waals surface area contributed by atoms with Crippen molar-refractivity contribution in [3.63, 3.8) is 0 Å². The Morgan fingerprint density at radius 1 is 1.07 bits per heavy atom. The number of benzene rings is 1. The van der Waals surface area contributed by atoms with Crippen molar-refractivity contribution in [2.24, 2.45) is 5.92 Å². The molecule has 29 heavy (non-hydrogen) atoms. The molecule has 0 aliphatic carbocycles. The van der Waals surface area contributed by atoms with Crippen molar-refractivity contribution in [2.75, 3.05) is 13.1 Å². The Morgan fingerprint density at radius 2 is 1.93 bits per heavy atom. The number of furan rings is 1. The van der Waals surface area contributed by atoms with Crippen LogP contribution in [0.5, 0.6) is 0 Å². The van der Waals surface area contributed by atoms with Crippen molar-refractivity contribution in [1.82, 2.24) is 9.47 Å². The average Bonchev–Trinajstić information content (AvgIpc) is 3.17. The van der Waals surface area contributed by atoms with Crippen LogP contribution in [0.4, 0.5) is 5.69 Å². The number of nitrogens with one attached hydrogen (secondary N) is 1. The van der Waals surface area contributed by atoms with Crippen LogP contribution in [0.2, 0.25) is 0 Å². The monoisotopic (exact) mass is 393 g/mol. The summed E-state index contributed by atoms with van der Waals surface area (Å²) in [6.07, 6.45) is 1.12. The van der Waals surface area contributed by atoms with Gasteiger partial charge in [0.25, 0.3) is 5.56 Å². The van der Waals surface area contributed by atoms with Crippen LogP contribution in [-0.2, 0) is 13.1 Å². The molecule has 7 heteroatoms. The molecule has 1 saturated heterocycles. The molecule has 2 aliphatic rings. The Balaban J connectivity index is 1.35. The summed E-state index contributed by atoms with van der Waals surface area (Å²) in [5, 5.41) is 19.9. The van der Waals surface area contributed by atoms with E-state index in [4.69, 9.17) is 4.42 Å². The molecule has 4 heterocycles. The molecule has 7 nitrogen and oxygen atoms in total. The largest absolute Gasteiger partial charge is 0.595 e. The molecule has 3 aromatic rings. The third-order valence-electron chi connectivity index (χ3n) is 6.02. The van der Waals surface area contributed by atoms with Gasteiger partial charge in [0.2, 0.25) is 0 Å². The lowest BCUT2D eigenvalue weighted by atomic mass is 9.83. The third kappa shape index (κ3) is 3.42. The highest BCUT2D eigenvalue weighted by molar-refractivity contribution is 5.69. The Labute approximate surface area is 167 Å². The summed E-state index contributed by atoms with van der Waals surface area (Å²) in [6.45, 7) is 3.28. The first-order valence-electron chi connectivity index (χ1n) is 9.92. The maximum absolute atomic E-state index is 12.2. The fourth-order valence-electron chi connectivity index (χ4n) is 4.84. The summed E-state index contributed by atoms with van der Waals surface area (Å²) in [5.74, 6) is 2.22.